The second-order valence-electron chi connectivity index (χ2n) is 4.45. The van der Waals surface area contributed by atoms with Gasteiger partial charge in [0.25, 0.3) is 5.91 Å². The Labute approximate surface area is 145 Å². The van der Waals surface area contributed by atoms with Crippen LogP contribution in [0.2, 0.25) is 10.0 Å². The van der Waals surface area contributed by atoms with Crippen molar-refractivity contribution < 1.29 is 19.9 Å². The number of rotatable bonds is 4. The van der Waals surface area contributed by atoms with Gasteiger partial charge in [-0.2, -0.15) is 5.10 Å². The summed E-state index contributed by atoms with van der Waals surface area (Å²) in [6.07, 6.45) is 1.02. The molecular formula is C14H9Cl2N3O5. The first-order valence-corrected chi connectivity index (χ1v) is 7.04. The maximum Gasteiger partial charge on any atom is 0.311 e. The maximum absolute atomic E-state index is 11.9. The van der Waals surface area contributed by atoms with Gasteiger partial charge in [-0.25, -0.2) is 5.43 Å². The van der Waals surface area contributed by atoms with Gasteiger partial charge in [-0.15, -0.1) is 0 Å². The Morgan fingerprint density at radius 3 is 2.62 bits per heavy atom. The molecule has 2 aromatic rings. The van der Waals surface area contributed by atoms with Gasteiger partial charge in [0, 0.05) is 16.7 Å². The number of hydrazone groups is 1. The van der Waals surface area contributed by atoms with Crippen LogP contribution in [0, 0.1) is 10.1 Å². The van der Waals surface area contributed by atoms with Crippen LogP contribution in [-0.2, 0) is 0 Å². The largest absolute Gasteiger partial charge is 0.506 e. The van der Waals surface area contributed by atoms with Gasteiger partial charge in [-0.3, -0.25) is 14.9 Å². The van der Waals surface area contributed by atoms with Crippen LogP contribution in [0.3, 0.4) is 0 Å². The molecule has 0 fully saturated rings. The molecule has 124 valence electrons. The van der Waals surface area contributed by atoms with Crippen molar-refractivity contribution in [3.05, 3.63) is 61.6 Å². The van der Waals surface area contributed by atoms with Gasteiger partial charge in [0.05, 0.1) is 21.7 Å². The predicted octanol–water partition coefficient (Wildman–Crippen LogP) is 3.08. The molecule has 0 aliphatic carbocycles. The summed E-state index contributed by atoms with van der Waals surface area (Å²) in [5, 5.41) is 33.8. The number of aromatic hydroxyl groups is 2. The van der Waals surface area contributed by atoms with E-state index < -0.39 is 28.0 Å². The van der Waals surface area contributed by atoms with E-state index in [-0.39, 0.29) is 21.2 Å². The molecule has 10 heteroatoms. The summed E-state index contributed by atoms with van der Waals surface area (Å²) < 4.78 is 0. The normalized spacial score (nSPS) is 10.8. The number of nitro groups is 1. The number of nitrogens with zero attached hydrogens (tertiary/aromatic N) is 2. The first-order valence-electron chi connectivity index (χ1n) is 6.29. The lowest BCUT2D eigenvalue weighted by molar-refractivity contribution is -0.385. The molecule has 0 aliphatic rings. The third-order valence-electron chi connectivity index (χ3n) is 2.89. The van der Waals surface area contributed by atoms with E-state index in [1.807, 2.05) is 0 Å². The van der Waals surface area contributed by atoms with Crippen molar-refractivity contribution in [2.24, 2.45) is 5.10 Å². The van der Waals surface area contributed by atoms with E-state index in [0.29, 0.717) is 0 Å². The van der Waals surface area contributed by atoms with Crippen molar-refractivity contribution in [3.8, 4) is 11.5 Å². The third-order valence-corrected chi connectivity index (χ3v) is 3.39. The lowest BCUT2D eigenvalue weighted by Gasteiger charge is -2.05. The highest BCUT2D eigenvalue weighted by Crippen LogP contribution is 2.31. The predicted molar refractivity (Wildman–Crippen MR) is 87.9 cm³/mol. The topological polar surface area (TPSA) is 125 Å². The van der Waals surface area contributed by atoms with E-state index in [1.54, 1.807) is 0 Å². The summed E-state index contributed by atoms with van der Waals surface area (Å²) in [6.45, 7) is 0. The first-order chi connectivity index (χ1) is 11.3. The number of benzene rings is 2. The van der Waals surface area contributed by atoms with Crippen LogP contribution >= 0.6 is 23.2 Å². The Hall–Kier alpha value is -2.84. The van der Waals surface area contributed by atoms with Crippen LogP contribution in [0.1, 0.15) is 15.9 Å². The quantitative estimate of drug-likeness (QED) is 0.433. The van der Waals surface area contributed by atoms with Crippen molar-refractivity contribution in [3.63, 3.8) is 0 Å². The molecular weight excluding hydrogens is 361 g/mol. The summed E-state index contributed by atoms with van der Waals surface area (Å²) in [4.78, 5) is 21.9. The van der Waals surface area contributed by atoms with Crippen LogP contribution < -0.4 is 5.43 Å². The average molecular weight is 370 g/mol. The lowest BCUT2D eigenvalue weighted by Crippen LogP contribution is -2.17. The van der Waals surface area contributed by atoms with Gasteiger partial charge in [0.1, 0.15) is 5.75 Å². The number of carbonyl (C=O) groups is 1. The molecule has 24 heavy (non-hydrogen) atoms. The Bertz CT molecular complexity index is 855. The lowest BCUT2D eigenvalue weighted by atomic mass is 10.2. The molecule has 0 aromatic heterocycles. The fourth-order valence-corrected chi connectivity index (χ4v) is 2.25. The number of hydrogen-bond acceptors (Lipinski definition) is 6. The van der Waals surface area contributed by atoms with Gasteiger partial charge in [-0.05, 0) is 18.2 Å². The van der Waals surface area contributed by atoms with Gasteiger partial charge in [0.15, 0.2) is 0 Å². The number of carbonyl (C=O) groups excluding carboxylic acids is 1. The number of nitrogens with one attached hydrogen (secondary N) is 1. The van der Waals surface area contributed by atoms with Crippen LogP contribution in [-0.4, -0.2) is 27.3 Å². The first kappa shape index (κ1) is 17.5. The van der Waals surface area contributed by atoms with Gasteiger partial charge < -0.3 is 10.2 Å². The highest BCUT2D eigenvalue weighted by atomic mass is 35.5. The molecule has 3 N–H and O–H groups in total. The summed E-state index contributed by atoms with van der Waals surface area (Å²) in [6, 6.07) is 6.30. The van der Waals surface area contributed by atoms with E-state index >= 15 is 0 Å². The van der Waals surface area contributed by atoms with E-state index in [1.165, 1.54) is 24.3 Å². The molecule has 0 atom stereocenters. The molecule has 2 aromatic carbocycles. The van der Waals surface area contributed by atoms with Gasteiger partial charge in [-0.1, -0.05) is 29.3 Å². The highest BCUT2D eigenvalue weighted by Gasteiger charge is 2.16. The number of amides is 1. The summed E-state index contributed by atoms with van der Waals surface area (Å²) in [5.41, 5.74) is 1.42. The third kappa shape index (κ3) is 3.73. The molecule has 0 unspecified atom stereocenters. The minimum absolute atomic E-state index is 0.0258. The van der Waals surface area contributed by atoms with Gasteiger partial charge in [0.2, 0.25) is 5.75 Å². The Morgan fingerprint density at radius 2 is 1.96 bits per heavy atom. The van der Waals surface area contributed by atoms with Crippen molar-refractivity contribution in [2.45, 2.75) is 0 Å². The molecule has 0 aliphatic heterocycles. The fourth-order valence-electron chi connectivity index (χ4n) is 1.76. The number of phenolic OH excluding ortho intramolecular Hbond substituents is 2. The zero-order valence-electron chi connectivity index (χ0n) is 11.7. The summed E-state index contributed by atoms with van der Waals surface area (Å²) in [5.74, 6) is -1.86. The second-order valence-corrected chi connectivity index (χ2v) is 5.30. The minimum atomic E-state index is -0.807. The molecule has 8 nitrogen and oxygen atoms in total. The number of para-hydroxylation sites is 1. The van der Waals surface area contributed by atoms with Crippen molar-refractivity contribution in [1.29, 1.82) is 0 Å². The van der Waals surface area contributed by atoms with Crippen LogP contribution in [0.25, 0.3) is 0 Å². The van der Waals surface area contributed by atoms with Gasteiger partial charge >= 0.3 is 5.69 Å². The number of phenols is 2. The minimum Gasteiger partial charge on any atom is -0.506 e. The van der Waals surface area contributed by atoms with E-state index in [9.17, 15) is 25.1 Å². The molecule has 2 rings (SSSR count). The second kappa shape index (κ2) is 7.16. The van der Waals surface area contributed by atoms with Crippen LogP contribution in [0.5, 0.6) is 11.5 Å². The van der Waals surface area contributed by atoms with E-state index in [4.69, 9.17) is 23.2 Å². The average Bonchev–Trinajstić information content (AvgIpc) is 2.52. The molecule has 0 spiro atoms. The summed E-state index contributed by atoms with van der Waals surface area (Å²) >= 11 is 11.5. The van der Waals surface area contributed by atoms with Crippen molar-refractivity contribution in [1.82, 2.24) is 5.43 Å². The molecule has 0 radical (unpaired) electrons. The molecule has 0 bridgehead atoms. The smallest absolute Gasteiger partial charge is 0.311 e. The SMILES string of the molecule is O=C(N/N=C/c1cccc([N+](=O)[O-])c1O)c1cc(Cl)cc(Cl)c1O. The van der Waals surface area contributed by atoms with Crippen molar-refractivity contribution in [2.75, 3.05) is 0 Å². The molecule has 0 saturated carbocycles. The fraction of sp³-hybridized carbons (Fsp3) is 0. The van der Waals surface area contributed by atoms with Crippen molar-refractivity contribution >= 4 is 41.0 Å². The number of hydrogen-bond donors (Lipinski definition) is 3. The van der Waals surface area contributed by atoms with E-state index in [0.717, 1.165) is 12.3 Å². The standard InChI is InChI=1S/C14H9Cl2N3O5/c15-8-4-9(13(21)10(16)5-8)14(22)18-17-6-7-2-1-3-11(12(7)20)19(23)24/h1-6,20-21H,(H,18,22)/b17-6+. The zero-order valence-corrected chi connectivity index (χ0v) is 13.2. The molecule has 1 amide bonds. The van der Waals surface area contributed by atoms with E-state index in [2.05, 4.69) is 10.5 Å². The highest BCUT2D eigenvalue weighted by molar-refractivity contribution is 6.36. The zero-order chi connectivity index (χ0) is 17.9. The Balaban J connectivity index is 2.20. The molecule has 0 heterocycles. The maximum atomic E-state index is 11.9. The summed E-state index contributed by atoms with van der Waals surface area (Å²) in [7, 11) is 0. The number of nitro benzene ring substituents is 1. The van der Waals surface area contributed by atoms with Crippen LogP contribution in [0.4, 0.5) is 5.69 Å². The van der Waals surface area contributed by atoms with Crippen LogP contribution in [0.15, 0.2) is 35.4 Å². The molecule has 0 saturated heterocycles. The Morgan fingerprint density at radius 1 is 1.25 bits per heavy atom. The number of halogens is 2. The monoisotopic (exact) mass is 369 g/mol. The Kier molecular flexibility index (Phi) is 5.22.